The molecule has 2 aromatic heterocycles. The zero-order valence-corrected chi connectivity index (χ0v) is 8.90. The van der Waals surface area contributed by atoms with E-state index in [-0.39, 0.29) is 0 Å². The van der Waals surface area contributed by atoms with E-state index in [9.17, 15) is 0 Å². The van der Waals surface area contributed by atoms with Gasteiger partial charge in [0.1, 0.15) is 17.7 Å². The summed E-state index contributed by atoms with van der Waals surface area (Å²) in [6.45, 7) is 1.10. The van der Waals surface area contributed by atoms with Crippen LogP contribution in [0.1, 0.15) is 18.7 Å². The van der Waals surface area contributed by atoms with Crippen LogP contribution in [0.3, 0.4) is 0 Å². The van der Waals surface area contributed by atoms with Crippen molar-refractivity contribution in [1.29, 1.82) is 0 Å². The van der Waals surface area contributed by atoms with Crippen LogP contribution in [0, 0.1) is 0 Å². The highest BCUT2D eigenvalue weighted by atomic mass is 15.1. The summed E-state index contributed by atoms with van der Waals surface area (Å²) in [5.74, 6) is 1.39. The van der Waals surface area contributed by atoms with E-state index in [4.69, 9.17) is 5.73 Å². The molecular weight excluding hydrogens is 204 g/mol. The molecule has 1 unspecified atom stereocenters. The number of hydrogen-bond donors (Lipinski definition) is 3. The summed E-state index contributed by atoms with van der Waals surface area (Å²) in [7, 11) is 0. The summed E-state index contributed by atoms with van der Waals surface area (Å²) in [5.41, 5.74) is 7.14. The van der Waals surface area contributed by atoms with Gasteiger partial charge in [-0.15, -0.1) is 0 Å². The van der Waals surface area contributed by atoms with Crippen molar-refractivity contribution >= 4 is 17.0 Å². The Labute approximate surface area is 92.7 Å². The lowest BCUT2D eigenvalue weighted by atomic mass is 10.1. The monoisotopic (exact) mass is 218 g/mol. The first-order chi connectivity index (χ1) is 7.83. The van der Waals surface area contributed by atoms with Gasteiger partial charge in [-0.1, -0.05) is 0 Å². The van der Waals surface area contributed by atoms with Crippen molar-refractivity contribution in [1.82, 2.24) is 25.3 Å². The molecule has 16 heavy (non-hydrogen) atoms. The van der Waals surface area contributed by atoms with E-state index in [1.807, 2.05) is 0 Å². The van der Waals surface area contributed by atoms with E-state index in [0.717, 1.165) is 24.3 Å². The van der Waals surface area contributed by atoms with Crippen molar-refractivity contribution in [2.24, 2.45) is 0 Å². The number of imidazole rings is 1. The third kappa shape index (κ3) is 1.61. The Kier molecular flexibility index (Phi) is 2.21. The highest BCUT2D eigenvalue weighted by Crippen LogP contribution is 2.16. The van der Waals surface area contributed by atoms with Crippen LogP contribution in [0.4, 0.5) is 5.82 Å². The maximum Gasteiger partial charge on any atom is 0.183 e. The molecule has 0 aromatic carbocycles. The number of nitrogen functional groups attached to an aromatic ring is 1. The average Bonchev–Trinajstić information content (AvgIpc) is 2.88. The van der Waals surface area contributed by atoms with Crippen LogP contribution in [0.5, 0.6) is 0 Å². The quantitative estimate of drug-likeness (QED) is 0.671. The van der Waals surface area contributed by atoms with Crippen LogP contribution in [0.2, 0.25) is 0 Å². The van der Waals surface area contributed by atoms with Gasteiger partial charge in [0.05, 0.1) is 0 Å². The number of anilines is 1. The maximum absolute atomic E-state index is 5.74. The minimum atomic E-state index is 0.461. The summed E-state index contributed by atoms with van der Waals surface area (Å²) >= 11 is 0. The molecule has 84 valence electrons. The Balaban J connectivity index is 1.90. The van der Waals surface area contributed by atoms with Gasteiger partial charge < -0.3 is 16.0 Å². The molecule has 0 bridgehead atoms. The minimum absolute atomic E-state index is 0.461. The smallest absolute Gasteiger partial charge is 0.183 e. The van der Waals surface area contributed by atoms with E-state index < -0.39 is 0 Å². The number of aromatic amines is 1. The van der Waals surface area contributed by atoms with Gasteiger partial charge in [0.15, 0.2) is 11.5 Å². The Morgan fingerprint density at radius 3 is 3.12 bits per heavy atom. The SMILES string of the molecule is Nc1ncnc2nc(CC3CCCN3)[nH]c12. The van der Waals surface area contributed by atoms with Gasteiger partial charge in [-0.2, -0.15) is 0 Å². The average molecular weight is 218 g/mol. The van der Waals surface area contributed by atoms with Gasteiger partial charge in [0, 0.05) is 12.5 Å². The molecule has 1 atom stereocenters. The number of H-pyrrole nitrogens is 1. The molecule has 3 heterocycles. The number of nitrogens with zero attached hydrogens (tertiary/aromatic N) is 3. The van der Waals surface area contributed by atoms with Crippen molar-refractivity contribution in [2.45, 2.75) is 25.3 Å². The van der Waals surface area contributed by atoms with Crippen LogP contribution >= 0.6 is 0 Å². The number of nitrogens with two attached hydrogens (primary N) is 1. The standard InChI is InChI=1S/C10H14N6/c11-9-8-10(14-5-13-9)16-7(15-8)4-6-2-1-3-12-6/h5-6,12H,1-4H2,(H3,11,13,14,15,16). The molecule has 1 aliphatic rings. The summed E-state index contributed by atoms with van der Waals surface area (Å²) in [5, 5.41) is 3.44. The second-order valence-electron chi connectivity index (χ2n) is 4.14. The predicted molar refractivity (Wildman–Crippen MR) is 60.8 cm³/mol. The van der Waals surface area contributed by atoms with Crippen molar-refractivity contribution in [3.63, 3.8) is 0 Å². The van der Waals surface area contributed by atoms with Crippen molar-refractivity contribution < 1.29 is 0 Å². The molecule has 0 saturated carbocycles. The Morgan fingerprint density at radius 1 is 1.44 bits per heavy atom. The summed E-state index contributed by atoms with van der Waals surface area (Å²) in [6.07, 6.45) is 4.79. The van der Waals surface area contributed by atoms with Crippen LogP contribution in [0.15, 0.2) is 6.33 Å². The number of fused-ring (bicyclic) bond motifs is 1. The van der Waals surface area contributed by atoms with Gasteiger partial charge in [-0.05, 0) is 19.4 Å². The van der Waals surface area contributed by atoms with Crippen LogP contribution in [-0.4, -0.2) is 32.5 Å². The molecule has 1 saturated heterocycles. The van der Waals surface area contributed by atoms with E-state index in [1.165, 1.54) is 19.2 Å². The fraction of sp³-hybridized carbons (Fsp3) is 0.500. The van der Waals surface area contributed by atoms with Gasteiger partial charge >= 0.3 is 0 Å². The highest BCUT2D eigenvalue weighted by Gasteiger charge is 2.17. The molecular formula is C10H14N6. The molecule has 6 heteroatoms. The lowest BCUT2D eigenvalue weighted by molar-refractivity contribution is 0.589. The van der Waals surface area contributed by atoms with E-state index in [1.54, 1.807) is 0 Å². The van der Waals surface area contributed by atoms with E-state index in [0.29, 0.717) is 17.5 Å². The first-order valence-corrected chi connectivity index (χ1v) is 5.51. The van der Waals surface area contributed by atoms with E-state index >= 15 is 0 Å². The molecule has 1 aliphatic heterocycles. The number of rotatable bonds is 2. The third-order valence-corrected chi connectivity index (χ3v) is 2.97. The number of nitrogens with one attached hydrogen (secondary N) is 2. The summed E-state index contributed by atoms with van der Waals surface area (Å²) in [4.78, 5) is 15.6. The lowest BCUT2D eigenvalue weighted by Crippen LogP contribution is -2.24. The Hall–Kier alpha value is -1.69. The molecule has 0 amide bonds. The zero-order valence-electron chi connectivity index (χ0n) is 8.90. The molecule has 4 N–H and O–H groups in total. The van der Waals surface area contributed by atoms with Gasteiger partial charge in [0.2, 0.25) is 0 Å². The third-order valence-electron chi connectivity index (χ3n) is 2.97. The van der Waals surface area contributed by atoms with E-state index in [2.05, 4.69) is 25.3 Å². The topological polar surface area (TPSA) is 92.5 Å². The van der Waals surface area contributed by atoms with Gasteiger partial charge in [0.25, 0.3) is 0 Å². The molecule has 1 fully saturated rings. The molecule has 0 aliphatic carbocycles. The number of hydrogen-bond acceptors (Lipinski definition) is 5. The molecule has 6 nitrogen and oxygen atoms in total. The van der Waals surface area contributed by atoms with Crippen LogP contribution in [0.25, 0.3) is 11.2 Å². The lowest BCUT2D eigenvalue weighted by Gasteiger charge is -2.06. The summed E-state index contributed by atoms with van der Waals surface area (Å²) in [6, 6.07) is 0.523. The highest BCUT2D eigenvalue weighted by molar-refractivity contribution is 5.80. The second-order valence-corrected chi connectivity index (χ2v) is 4.14. The van der Waals surface area contributed by atoms with Crippen molar-refractivity contribution in [2.75, 3.05) is 12.3 Å². The van der Waals surface area contributed by atoms with Gasteiger partial charge in [-0.25, -0.2) is 15.0 Å². The van der Waals surface area contributed by atoms with Crippen molar-refractivity contribution in [3.05, 3.63) is 12.2 Å². The first-order valence-electron chi connectivity index (χ1n) is 5.51. The fourth-order valence-corrected chi connectivity index (χ4v) is 2.16. The molecule has 0 spiro atoms. The van der Waals surface area contributed by atoms with Crippen LogP contribution < -0.4 is 11.1 Å². The summed E-state index contributed by atoms with van der Waals surface area (Å²) < 4.78 is 0. The maximum atomic E-state index is 5.74. The molecule has 2 aromatic rings. The minimum Gasteiger partial charge on any atom is -0.382 e. The molecule has 0 radical (unpaired) electrons. The molecule has 3 rings (SSSR count). The normalized spacial score (nSPS) is 20.6. The fourth-order valence-electron chi connectivity index (χ4n) is 2.16. The largest absolute Gasteiger partial charge is 0.382 e. The van der Waals surface area contributed by atoms with Crippen molar-refractivity contribution in [3.8, 4) is 0 Å². The Morgan fingerprint density at radius 2 is 2.38 bits per heavy atom. The van der Waals surface area contributed by atoms with Gasteiger partial charge in [-0.3, -0.25) is 0 Å². The predicted octanol–water partition coefficient (Wildman–Crippen LogP) is 0.230. The Bertz CT molecular complexity index is 499. The second kappa shape index (κ2) is 3.71. The number of aromatic nitrogens is 4. The first kappa shape index (κ1) is 9.53. The zero-order chi connectivity index (χ0) is 11.0. The van der Waals surface area contributed by atoms with Crippen LogP contribution in [-0.2, 0) is 6.42 Å².